The van der Waals surface area contributed by atoms with E-state index in [1.165, 1.54) is 12.8 Å². The zero-order chi connectivity index (χ0) is 9.38. The molecule has 0 fully saturated rings. The summed E-state index contributed by atoms with van der Waals surface area (Å²) in [6.45, 7) is 9.32. The van der Waals surface area contributed by atoms with Gasteiger partial charge in [-0.1, -0.05) is 20.8 Å². The van der Waals surface area contributed by atoms with E-state index in [2.05, 4.69) is 27.7 Å². The maximum absolute atomic E-state index is 2.34. The number of rotatable bonds is 0. The summed E-state index contributed by atoms with van der Waals surface area (Å²) in [5.41, 5.74) is 10.4. The molecule has 0 heterocycles. The van der Waals surface area contributed by atoms with Crippen LogP contribution in [-0.4, -0.2) is 0 Å². The number of hydrogen-bond acceptors (Lipinski definition) is 0. The van der Waals surface area contributed by atoms with Crippen LogP contribution in [-0.2, 0) is 18.3 Å². The normalized spacial score (nSPS) is 16.6. The lowest BCUT2D eigenvalue weighted by molar-refractivity contribution is 0.588. The highest BCUT2D eigenvalue weighted by molar-refractivity contribution is 5.70. The van der Waals surface area contributed by atoms with E-state index < -0.39 is 0 Å². The largest absolute Gasteiger partial charge is 0.0561 e. The van der Waals surface area contributed by atoms with Gasteiger partial charge in [-0.3, -0.25) is 0 Å². The van der Waals surface area contributed by atoms with Crippen molar-refractivity contribution in [1.29, 1.82) is 0 Å². The third kappa shape index (κ3) is 0.864. The highest BCUT2D eigenvalue weighted by Crippen LogP contribution is 2.51. The van der Waals surface area contributed by atoms with Crippen molar-refractivity contribution in [2.45, 2.75) is 46.0 Å². The van der Waals surface area contributed by atoms with Crippen LogP contribution in [0.3, 0.4) is 0 Å². The fourth-order valence-electron chi connectivity index (χ4n) is 2.73. The molecule has 0 saturated carbocycles. The van der Waals surface area contributed by atoms with E-state index in [0.717, 1.165) is 0 Å². The second-order valence-corrected chi connectivity index (χ2v) is 5.52. The fourth-order valence-corrected chi connectivity index (χ4v) is 2.73. The van der Waals surface area contributed by atoms with Crippen LogP contribution in [0.1, 0.15) is 54.2 Å². The first kappa shape index (κ1) is 7.61. The molecule has 0 saturated heterocycles. The molecule has 0 nitrogen and oxygen atoms in total. The summed E-state index contributed by atoms with van der Waals surface area (Å²) < 4.78 is 0. The van der Waals surface area contributed by atoms with Crippen molar-refractivity contribution >= 4 is 0 Å². The molecule has 0 radical (unpaired) electrons. The quantitative estimate of drug-likeness (QED) is 0.489. The van der Waals surface area contributed by atoms with Crippen LogP contribution in [0, 0.1) is 6.92 Å². The summed E-state index contributed by atoms with van der Waals surface area (Å²) in [6, 6.07) is 0. The Labute approximate surface area is 80.0 Å². The molecule has 2 aliphatic carbocycles. The Hall–Kier alpha value is -0.780. The molecule has 2 aliphatic rings. The monoisotopic (exact) mass is 172 g/mol. The zero-order valence-electron chi connectivity index (χ0n) is 8.91. The highest BCUT2D eigenvalue weighted by atomic mass is 14.4. The summed E-state index contributed by atoms with van der Waals surface area (Å²) >= 11 is 0. The maximum Gasteiger partial charge on any atom is -0.00141 e. The first-order valence-electron chi connectivity index (χ1n) is 5.16. The van der Waals surface area contributed by atoms with Crippen molar-refractivity contribution in [2.24, 2.45) is 0 Å². The summed E-state index contributed by atoms with van der Waals surface area (Å²) in [4.78, 5) is 0. The Kier molecular flexibility index (Phi) is 1.08. The molecule has 0 atom stereocenters. The first-order valence-corrected chi connectivity index (χ1v) is 5.16. The molecule has 0 spiro atoms. The fraction of sp³-hybridized carbons (Fsp3) is 0.538. The molecular formula is C13H16. The molecule has 0 unspecified atom stereocenters. The summed E-state index contributed by atoms with van der Waals surface area (Å²) in [5, 5.41) is 0. The van der Waals surface area contributed by atoms with Gasteiger partial charge in [0.2, 0.25) is 0 Å². The minimum absolute atomic E-state index is 0.370. The van der Waals surface area contributed by atoms with Crippen LogP contribution in [0.2, 0.25) is 0 Å². The van der Waals surface area contributed by atoms with Crippen LogP contribution in [0.15, 0.2) is 0 Å². The van der Waals surface area contributed by atoms with Gasteiger partial charge in [0, 0.05) is 0 Å². The van der Waals surface area contributed by atoms with Crippen LogP contribution < -0.4 is 0 Å². The van der Waals surface area contributed by atoms with Crippen molar-refractivity contribution in [2.75, 3.05) is 0 Å². The van der Waals surface area contributed by atoms with Gasteiger partial charge >= 0.3 is 0 Å². The van der Waals surface area contributed by atoms with E-state index in [0.29, 0.717) is 5.41 Å². The molecule has 0 aromatic heterocycles. The third-order valence-corrected chi connectivity index (χ3v) is 3.44. The minimum Gasteiger partial charge on any atom is -0.0561 e. The molecule has 68 valence electrons. The predicted molar refractivity (Wildman–Crippen MR) is 55.5 cm³/mol. The number of fused-ring (bicyclic) bond motifs is 2. The smallest absolute Gasteiger partial charge is 0.00141 e. The van der Waals surface area contributed by atoms with E-state index >= 15 is 0 Å². The molecular weight excluding hydrogens is 156 g/mol. The van der Waals surface area contributed by atoms with E-state index in [1.54, 1.807) is 33.4 Å². The number of benzene rings is 1. The lowest BCUT2D eigenvalue weighted by atomic mass is 9.85. The molecule has 0 aliphatic heterocycles. The topological polar surface area (TPSA) is 0 Å². The Balaban J connectivity index is 2.28. The minimum atomic E-state index is 0.370. The molecule has 13 heavy (non-hydrogen) atoms. The van der Waals surface area contributed by atoms with E-state index in [9.17, 15) is 0 Å². The first-order chi connectivity index (χ1) is 6.00. The van der Waals surface area contributed by atoms with Gasteiger partial charge in [-0.05, 0) is 58.6 Å². The highest BCUT2D eigenvalue weighted by Gasteiger charge is 2.39. The van der Waals surface area contributed by atoms with Crippen LogP contribution in [0.4, 0.5) is 0 Å². The van der Waals surface area contributed by atoms with Gasteiger partial charge in [-0.15, -0.1) is 0 Å². The second-order valence-electron chi connectivity index (χ2n) is 5.52. The standard InChI is InChI=1S/C13H16/c1-7-8-5-10(8)12(13(2,3)4)11-6-9(7)11/h5-6H2,1-4H3. The van der Waals surface area contributed by atoms with Crippen LogP contribution in [0.5, 0.6) is 0 Å². The maximum atomic E-state index is 2.34. The molecule has 3 rings (SSSR count). The van der Waals surface area contributed by atoms with E-state index in [-0.39, 0.29) is 0 Å². The molecule has 0 amide bonds. The Morgan fingerprint density at radius 3 is 1.69 bits per heavy atom. The Morgan fingerprint density at radius 1 is 0.846 bits per heavy atom. The van der Waals surface area contributed by atoms with Crippen LogP contribution >= 0.6 is 0 Å². The SMILES string of the molecule is Cc1c2c(c(C(C)(C)C)c3c1C3)C2. The average Bonchev–Trinajstić information content (AvgIpc) is 2.72. The van der Waals surface area contributed by atoms with Crippen molar-refractivity contribution in [3.05, 3.63) is 33.4 Å². The molecule has 0 bridgehead atoms. The summed E-state index contributed by atoms with van der Waals surface area (Å²) in [5.74, 6) is 0. The Bertz CT molecular complexity index is 386. The predicted octanol–water partition coefficient (Wildman–Crippen LogP) is 3.10. The van der Waals surface area contributed by atoms with Gasteiger partial charge in [0.1, 0.15) is 0 Å². The van der Waals surface area contributed by atoms with Gasteiger partial charge in [0.05, 0.1) is 0 Å². The van der Waals surface area contributed by atoms with Crippen LogP contribution in [0.25, 0.3) is 0 Å². The van der Waals surface area contributed by atoms with Gasteiger partial charge < -0.3 is 0 Å². The van der Waals surface area contributed by atoms with Crippen molar-refractivity contribution in [3.63, 3.8) is 0 Å². The van der Waals surface area contributed by atoms with Gasteiger partial charge in [0.25, 0.3) is 0 Å². The van der Waals surface area contributed by atoms with E-state index in [1.807, 2.05) is 0 Å². The summed E-state index contributed by atoms with van der Waals surface area (Å²) in [7, 11) is 0. The van der Waals surface area contributed by atoms with Gasteiger partial charge in [0.15, 0.2) is 0 Å². The number of hydrogen-bond donors (Lipinski definition) is 0. The second kappa shape index (κ2) is 1.84. The third-order valence-electron chi connectivity index (χ3n) is 3.44. The molecule has 0 heteroatoms. The van der Waals surface area contributed by atoms with Crippen molar-refractivity contribution in [3.8, 4) is 0 Å². The summed E-state index contributed by atoms with van der Waals surface area (Å²) in [6.07, 6.45) is 2.57. The van der Waals surface area contributed by atoms with Crippen molar-refractivity contribution < 1.29 is 0 Å². The average molecular weight is 172 g/mol. The molecule has 0 N–H and O–H groups in total. The van der Waals surface area contributed by atoms with E-state index in [4.69, 9.17) is 0 Å². The lowest BCUT2D eigenvalue weighted by Gasteiger charge is -2.19. The molecule has 1 aromatic carbocycles. The van der Waals surface area contributed by atoms with Crippen molar-refractivity contribution in [1.82, 2.24) is 0 Å². The lowest BCUT2D eigenvalue weighted by Crippen LogP contribution is -2.11. The van der Waals surface area contributed by atoms with Gasteiger partial charge in [-0.2, -0.15) is 0 Å². The molecule has 1 aromatic rings. The van der Waals surface area contributed by atoms with Gasteiger partial charge in [-0.25, -0.2) is 0 Å². The zero-order valence-corrected chi connectivity index (χ0v) is 8.91. The Morgan fingerprint density at radius 2 is 1.31 bits per heavy atom.